The first-order valence-electron chi connectivity index (χ1n) is 7.97. The first-order chi connectivity index (χ1) is 12.3. The number of thiazole rings is 1. The number of aromatic nitrogens is 1. The van der Waals surface area contributed by atoms with Crippen molar-refractivity contribution in [1.29, 1.82) is 0 Å². The lowest BCUT2D eigenvalue weighted by Gasteiger charge is -2.21. The van der Waals surface area contributed by atoms with Crippen molar-refractivity contribution in [1.82, 2.24) is 9.88 Å². The largest absolute Gasteiger partial charge is 0.467 e. The maximum Gasteiger partial charge on any atom is 0.254 e. The Balaban J connectivity index is 1.57. The van der Waals surface area contributed by atoms with Crippen LogP contribution in [-0.2, 0) is 13.0 Å². The second kappa shape index (κ2) is 7.21. The first-order valence-corrected chi connectivity index (χ1v) is 9.73. The van der Waals surface area contributed by atoms with Crippen LogP contribution in [0.15, 0.2) is 64.0 Å². The molecule has 1 amide bonds. The van der Waals surface area contributed by atoms with Crippen molar-refractivity contribution < 1.29 is 9.21 Å². The van der Waals surface area contributed by atoms with Gasteiger partial charge in [0.05, 0.1) is 28.5 Å². The smallest absolute Gasteiger partial charge is 0.254 e. The Labute approximate surface area is 153 Å². The molecule has 0 aliphatic carbocycles. The number of carbonyl (C=O) groups excluding carboxylic acids is 1. The summed E-state index contributed by atoms with van der Waals surface area (Å²) in [6.07, 6.45) is 2.48. The summed E-state index contributed by atoms with van der Waals surface area (Å²) >= 11 is 3.26. The molecule has 0 bridgehead atoms. The molecule has 126 valence electrons. The fraction of sp³-hybridized carbons (Fsp3) is 0.158. The molecule has 0 aliphatic heterocycles. The standard InChI is InChI=1S/C19H16N2O2S2/c22-19(14-5-6-17-18(11-14)25-13-20-17)21(12-15-3-1-9-23-15)8-7-16-4-2-10-24-16/h1-6,9-11,13H,7-8,12H2. The van der Waals surface area contributed by atoms with E-state index in [1.54, 1.807) is 34.4 Å². The Kier molecular flexibility index (Phi) is 4.63. The summed E-state index contributed by atoms with van der Waals surface area (Å²) < 4.78 is 6.48. The quantitative estimate of drug-likeness (QED) is 0.489. The number of carbonyl (C=O) groups is 1. The molecule has 0 aliphatic rings. The van der Waals surface area contributed by atoms with E-state index in [2.05, 4.69) is 16.4 Å². The van der Waals surface area contributed by atoms with E-state index in [-0.39, 0.29) is 5.91 Å². The Morgan fingerprint density at radius 1 is 1.16 bits per heavy atom. The lowest BCUT2D eigenvalue weighted by atomic mass is 10.1. The molecule has 0 radical (unpaired) electrons. The van der Waals surface area contributed by atoms with Crippen LogP contribution < -0.4 is 0 Å². The molecule has 0 N–H and O–H groups in total. The van der Waals surface area contributed by atoms with Gasteiger partial charge in [-0.25, -0.2) is 4.98 Å². The van der Waals surface area contributed by atoms with E-state index in [1.165, 1.54) is 4.88 Å². The molecule has 0 atom stereocenters. The molecule has 0 saturated carbocycles. The summed E-state index contributed by atoms with van der Waals surface area (Å²) in [5.74, 6) is 0.807. The second-order valence-electron chi connectivity index (χ2n) is 5.67. The summed E-state index contributed by atoms with van der Waals surface area (Å²) in [7, 11) is 0. The summed E-state index contributed by atoms with van der Waals surface area (Å²) in [6.45, 7) is 1.12. The van der Waals surface area contributed by atoms with E-state index in [9.17, 15) is 4.79 Å². The van der Waals surface area contributed by atoms with E-state index in [4.69, 9.17) is 4.42 Å². The van der Waals surface area contributed by atoms with Crippen molar-refractivity contribution in [2.24, 2.45) is 0 Å². The Bertz CT molecular complexity index is 959. The number of benzene rings is 1. The minimum atomic E-state index is 0.0169. The van der Waals surface area contributed by atoms with Crippen LogP contribution in [-0.4, -0.2) is 22.3 Å². The molecule has 0 unspecified atom stereocenters. The second-order valence-corrected chi connectivity index (χ2v) is 7.59. The molecule has 6 heteroatoms. The fourth-order valence-corrected chi connectivity index (χ4v) is 4.13. The van der Waals surface area contributed by atoms with Crippen molar-refractivity contribution in [2.45, 2.75) is 13.0 Å². The van der Waals surface area contributed by atoms with Crippen LogP contribution in [0.1, 0.15) is 21.0 Å². The molecule has 4 aromatic rings. The van der Waals surface area contributed by atoms with Crippen LogP contribution in [0, 0.1) is 0 Å². The summed E-state index contributed by atoms with van der Waals surface area (Å²) in [5, 5.41) is 2.06. The van der Waals surface area contributed by atoms with Crippen molar-refractivity contribution in [3.05, 3.63) is 75.8 Å². The van der Waals surface area contributed by atoms with E-state index in [1.807, 2.05) is 41.3 Å². The molecule has 3 heterocycles. The van der Waals surface area contributed by atoms with Crippen molar-refractivity contribution in [3.8, 4) is 0 Å². The van der Waals surface area contributed by atoms with Gasteiger partial charge in [0.25, 0.3) is 5.91 Å². The number of furan rings is 1. The number of rotatable bonds is 6. The minimum Gasteiger partial charge on any atom is -0.467 e. The van der Waals surface area contributed by atoms with Crippen LogP contribution in [0.25, 0.3) is 10.2 Å². The van der Waals surface area contributed by atoms with E-state index in [0.29, 0.717) is 18.7 Å². The van der Waals surface area contributed by atoms with Gasteiger partial charge in [0.2, 0.25) is 0 Å². The molecule has 3 aromatic heterocycles. The molecule has 25 heavy (non-hydrogen) atoms. The Morgan fingerprint density at radius 2 is 2.12 bits per heavy atom. The molecular weight excluding hydrogens is 352 g/mol. The highest BCUT2D eigenvalue weighted by Gasteiger charge is 2.18. The highest BCUT2D eigenvalue weighted by atomic mass is 32.1. The highest BCUT2D eigenvalue weighted by molar-refractivity contribution is 7.16. The van der Waals surface area contributed by atoms with Crippen LogP contribution in [0.5, 0.6) is 0 Å². The van der Waals surface area contributed by atoms with Crippen molar-refractivity contribution in [3.63, 3.8) is 0 Å². The van der Waals surface area contributed by atoms with Crippen LogP contribution in [0.2, 0.25) is 0 Å². The van der Waals surface area contributed by atoms with E-state index >= 15 is 0 Å². The van der Waals surface area contributed by atoms with Gasteiger partial charge in [0, 0.05) is 17.0 Å². The summed E-state index contributed by atoms with van der Waals surface area (Å²) in [6, 6.07) is 13.6. The number of nitrogens with zero attached hydrogens (tertiary/aromatic N) is 2. The lowest BCUT2D eigenvalue weighted by molar-refractivity contribution is 0.0734. The van der Waals surface area contributed by atoms with Gasteiger partial charge in [0.1, 0.15) is 5.76 Å². The topological polar surface area (TPSA) is 46.3 Å². The number of amides is 1. The third-order valence-corrected chi connectivity index (χ3v) is 5.73. The van der Waals surface area contributed by atoms with Gasteiger partial charge >= 0.3 is 0 Å². The van der Waals surface area contributed by atoms with Gasteiger partial charge in [-0.3, -0.25) is 4.79 Å². The fourth-order valence-electron chi connectivity index (χ4n) is 2.71. The zero-order chi connectivity index (χ0) is 17.1. The Morgan fingerprint density at radius 3 is 2.92 bits per heavy atom. The number of thiophene rings is 1. The zero-order valence-electron chi connectivity index (χ0n) is 13.4. The van der Waals surface area contributed by atoms with Gasteiger partial charge in [-0.1, -0.05) is 6.07 Å². The SMILES string of the molecule is O=C(c1ccc2ncsc2c1)N(CCc1cccs1)Cc1ccco1. The molecule has 0 saturated heterocycles. The maximum atomic E-state index is 13.1. The third-order valence-electron chi connectivity index (χ3n) is 4.00. The van der Waals surface area contributed by atoms with Gasteiger partial charge < -0.3 is 9.32 Å². The molecular formula is C19H16N2O2S2. The predicted molar refractivity (Wildman–Crippen MR) is 101 cm³/mol. The van der Waals surface area contributed by atoms with Crippen LogP contribution in [0.3, 0.4) is 0 Å². The summed E-state index contributed by atoms with van der Waals surface area (Å²) in [5.41, 5.74) is 3.42. The van der Waals surface area contributed by atoms with Gasteiger partial charge in [0.15, 0.2) is 0 Å². The molecule has 0 spiro atoms. The normalized spacial score (nSPS) is 11.0. The lowest BCUT2D eigenvalue weighted by Crippen LogP contribution is -2.32. The zero-order valence-corrected chi connectivity index (χ0v) is 15.1. The number of hydrogen-bond acceptors (Lipinski definition) is 5. The summed E-state index contributed by atoms with van der Waals surface area (Å²) in [4.78, 5) is 20.5. The first kappa shape index (κ1) is 16.1. The number of hydrogen-bond donors (Lipinski definition) is 0. The van der Waals surface area contributed by atoms with Crippen molar-refractivity contribution >= 4 is 38.8 Å². The monoisotopic (exact) mass is 368 g/mol. The molecule has 1 aromatic carbocycles. The van der Waals surface area contributed by atoms with Crippen LogP contribution in [0.4, 0.5) is 0 Å². The van der Waals surface area contributed by atoms with E-state index < -0.39 is 0 Å². The average Bonchev–Trinajstić information content (AvgIpc) is 3.39. The third kappa shape index (κ3) is 3.65. The Hall–Kier alpha value is -2.44. The maximum absolute atomic E-state index is 13.1. The predicted octanol–water partition coefficient (Wildman–Crippen LogP) is 4.84. The number of fused-ring (bicyclic) bond motifs is 1. The average molecular weight is 368 g/mol. The molecule has 4 rings (SSSR count). The molecule has 0 fully saturated rings. The van der Waals surface area contributed by atoms with Gasteiger partial charge in [-0.15, -0.1) is 22.7 Å². The van der Waals surface area contributed by atoms with Gasteiger partial charge in [-0.05, 0) is 48.2 Å². The van der Waals surface area contributed by atoms with E-state index in [0.717, 1.165) is 22.4 Å². The van der Waals surface area contributed by atoms with Gasteiger partial charge in [-0.2, -0.15) is 0 Å². The highest BCUT2D eigenvalue weighted by Crippen LogP contribution is 2.21. The minimum absolute atomic E-state index is 0.0169. The molecule has 4 nitrogen and oxygen atoms in total. The van der Waals surface area contributed by atoms with Crippen molar-refractivity contribution in [2.75, 3.05) is 6.54 Å². The van der Waals surface area contributed by atoms with Crippen LogP contribution >= 0.6 is 22.7 Å².